The summed E-state index contributed by atoms with van der Waals surface area (Å²) in [6, 6.07) is 28.2. The lowest BCUT2D eigenvalue weighted by molar-refractivity contribution is -0.134. The van der Waals surface area contributed by atoms with Crippen molar-refractivity contribution in [3.63, 3.8) is 0 Å². The molecule has 1 N–H and O–H groups in total. The molecule has 4 aromatic rings. The molecule has 0 spiro atoms. The molecule has 0 saturated carbocycles. The van der Waals surface area contributed by atoms with E-state index in [-0.39, 0.29) is 23.7 Å². The quantitative estimate of drug-likeness (QED) is 0.193. The van der Waals surface area contributed by atoms with E-state index in [9.17, 15) is 9.59 Å². The van der Waals surface area contributed by atoms with Gasteiger partial charge in [-0.25, -0.2) is 0 Å². The Morgan fingerprint density at radius 1 is 0.900 bits per heavy atom. The molecule has 1 aliphatic carbocycles. The Bertz CT molecular complexity index is 1620. The molecule has 0 fully saturated rings. The fraction of sp³-hybridized carbons (Fsp3) is 0.257. The molecular weight excluding hydrogens is 498 g/mol. The van der Waals surface area contributed by atoms with Crippen molar-refractivity contribution in [3.05, 3.63) is 107 Å². The van der Waals surface area contributed by atoms with Crippen LogP contribution in [0.25, 0.3) is 16.3 Å². The number of carbonyl (C=O) groups excluding carboxylic acids is 2. The number of nitrogens with one attached hydrogen (secondary N) is 1. The van der Waals surface area contributed by atoms with E-state index in [0.717, 1.165) is 58.0 Å². The van der Waals surface area contributed by atoms with Gasteiger partial charge in [-0.3, -0.25) is 9.59 Å². The number of hydrogen-bond donors (Lipinski definition) is 1. The van der Waals surface area contributed by atoms with Crippen molar-refractivity contribution in [1.29, 1.82) is 0 Å². The van der Waals surface area contributed by atoms with Gasteiger partial charge in [0.2, 0.25) is 0 Å². The molecule has 0 radical (unpaired) electrons. The first-order chi connectivity index (χ1) is 19.6. The fourth-order valence-electron chi connectivity index (χ4n) is 6.10. The topological polar surface area (TPSA) is 64.6 Å². The molecule has 2 atom stereocenters. The number of hydrogen-bond acceptors (Lipinski definition) is 5. The van der Waals surface area contributed by atoms with Crippen LogP contribution in [0.1, 0.15) is 67.7 Å². The minimum Gasteiger partial charge on any atom is -0.493 e. The Labute approximate surface area is 234 Å². The van der Waals surface area contributed by atoms with E-state index in [4.69, 9.17) is 9.47 Å². The van der Waals surface area contributed by atoms with Crippen molar-refractivity contribution in [1.82, 2.24) is 0 Å². The third-order valence-corrected chi connectivity index (χ3v) is 8.08. The van der Waals surface area contributed by atoms with Crippen LogP contribution >= 0.6 is 0 Å². The first-order valence-electron chi connectivity index (χ1n) is 14.1. The largest absolute Gasteiger partial charge is 0.493 e. The zero-order valence-electron chi connectivity index (χ0n) is 22.9. The monoisotopic (exact) mass is 531 g/mol. The number of ether oxygens (including phenoxy) is 2. The zero-order valence-corrected chi connectivity index (χ0v) is 22.9. The second kappa shape index (κ2) is 11.0. The summed E-state index contributed by atoms with van der Waals surface area (Å²) in [6.45, 7) is 2.04. The lowest BCUT2D eigenvalue weighted by Crippen LogP contribution is -2.29. The Morgan fingerprint density at radius 3 is 2.50 bits per heavy atom. The number of ketones is 1. The number of anilines is 1. The van der Waals surface area contributed by atoms with E-state index in [2.05, 4.69) is 47.8 Å². The van der Waals surface area contributed by atoms with Gasteiger partial charge in [-0.05, 0) is 64.4 Å². The molecule has 0 aromatic heterocycles. The molecule has 0 bridgehead atoms. The summed E-state index contributed by atoms with van der Waals surface area (Å²) in [7, 11) is 1.57. The highest BCUT2D eigenvalue weighted by Gasteiger charge is 2.38. The highest BCUT2D eigenvalue weighted by Crippen LogP contribution is 2.51. The van der Waals surface area contributed by atoms with Crippen LogP contribution < -0.4 is 14.8 Å². The Kier molecular flexibility index (Phi) is 7.12. The van der Waals surface area contributed by atoms with Crippen LogP contribution in [0.15, 0.2) is 90.5 Å². The number of esters is 1. The van der Waals surface area contributed by atoms with Crippen LogP contribution in [-0.4, -0.2) is 18.9 Å². The number of benzene rings is 4. The molecule has 2 aliphatic rings. The minimum absolute atomic E-state index is 0.123. The number of allylic oxidation sites excluding steroid dienone is 1. The number of carbonyl (C=O) groups is 2. The van der Waals surface area contributed by atoms with E-state index in [1.807, 2.05) is 43.3 Å². The third-order valence-electron chi connectivity index (χ3n) is 8.08. The fourth-order valence-corrected chi connectivity index (χ4v) is 6.10. The summed E-state index contributed by atoms with van der Waals surface area (Å²) < 4.78 is 11.3. The van der Waals surface area contributed by atoms with Gasteiger partial charge in [-0.2, -0.15) is 0 Å². The van der Waals surface area contributed by atoms with Crippen LogP contribution in [0, 0.1) is 0 Å². The molecule has 0 amide bonds. The first-order valence-corrected chi connectivity index (χ1v) is 14.1. The van der Waals surface area contributed by atoms with Crippen LogP contribution in [0.2, 0.25) is 0 Å². The number of unbranched alkanes of at least 4 members (excludes halogenated alkanes) is 1. The predicted octanol–water partition coefficient (Wildman–Crippen LogP) is 8.01. The minimum atomic E-state index is -0.341. The van der Waals surface area contributed by atoms with Gasteiger partial charge in [0.1, 0.15) is 0 Å². The van der Waals surface area contributed by atoms with Gasteiger partial charge in [0.25, 0.3) is 0 Å². The molecule has 40 heavy (non-hydrogen) atoms. The van der Waals surface area contributed by atoms with E-state index in [0.29, 0.717) is 24.3 Å². The Hall–Kier alpha value is -4.38. The standard InChI is InChI=1S/C35H33NO4/c1-3-4-14-32(38)40-30-18-16-24(21-31(30)39-2)35-34-27(19-25(20-29(34)37)22-10-6-5-7-11-22)33-26-13-9-8-12-23(26)15-17-28(33)36-35/h5-13,15-18,21,25,35-36H,3-4,14,19-20H2,1-2H3/t25-,35-/m0/s1. The Morgan fingerprint density at radius 2 is 1.70 bits per heavy atom. The number of Topliss-reactive ketones (excluding diaryl/α,β-unsaturated/α-hetero) is 1. The molecule has 1 aliphatic heterocycles. The van der Waals surface area contributed by atoms with Crippen LogP contribution in [-0.2, 0) is 9.59 Å². The van der Waals surface area contributed by atoms with Gasteiger partial charge in [-0.15, -0.1) is 0 Å². The maximum atomic E-state index is 14.0. The summed E-state index contributed by atoms with van der Waals surface area (Å²) >= 11 is 0. The van der Waals surface area contributed by atoms with Crippen LogP contribution in [0.3, 0.4) is 0 Å². The molecular formula is C35H33NO4. The average molecular weight is 532 g/mol. The van der Waals surface area contributed by atoms with Crippen molar-refractivity contribution in [2.75, 3.05) is 12.4 Å². The van der Waals surface area contributed by atoms with E-state index < -0.39 is 0 Å². The van der Waals surface area contributed by atoms with E-state index in [1.165, 1.54) is 5.56 Å². The lowest BCUT2D eigenvalue weighted by atomic mass is 9.71. The summed E-state index contributed by atoms with van der Waals surface area (Å²) in [5.74, 6) is 0.866. The van der Waals surface area contributed by atoms with Gasteiger partial charge in [0.05, 0.1) is 13.2 Å². The van der Waals surface area contributed by atoms with Gasteiger partial charge in [0.15, 0.2) is 17.3 Å². The van der Waals surface area contributed by atoms with Crippen molar-refractivity contribution in [2.24, 2.45) is 0 Å². The van der Waals surface area contributed by atoms with Crippen molar-refractivity contribution >= 4 is 33.8 Å². The molecule has 5 heteroatoms. The Balaban J connectivity index is 1.45. The van der Waals surface area contributed by atoms with Crippen molar-refractivity contribution in [2.45, 2.75) is 51.0 Å². The molecule has 1 heterocycles. The van der Waals surface area contributed by atoms with Gasteiger partial charge in [-0.1, -0.05) is 80.1 Å². The maximum absolute atomic E-state index is 14.0. The second-order valence-corrected chi connectivity index (χ2v) is 10.6. The van der Waals surface area contributed by atoms with E-state index >= 15 is 0 Å². The van der Waals surface area contributed by atoms with E-state index in [1.54, 1.807) is 13.2 Å². The summed E-state index contributed by atoms with van der Waals surface area (Å²) in [5.41, 5.74) is 6.13. The maximum Gasteiger partial charge on any atom is 0.311 e. The normalized spacial score (nSPS) is 18.1. The molecule has 6 rings (SSSR count). The highest BCUT2D eigenvalue weighted by atomic mass is 16.6. The van der Waals surface area contributed by atoms with Gasteiger partial charge in [0, 0.05) is 29.7 Å². The SMILES string of the molecule is CCCCC(=O)Oc1ccc([C@@H]2Nc3ccc4ccccc4c3C3=C2C(=O)C[C@@H](c2ccccc2)C3)cc1OC. The third kappa shape index (κ3) is 4.77. The predicted molar refractivity (Wildman–Crippen MR) is 159 cm³/mol. The van der Waals surface area contributed by atoms with Crippen LogP contribution in [0.4, 0.5) is 5.69 Å². The molecule has 5 nitrogen and oxygen atoms in total. The summed E-state index contributed by atoms with van der Waals surface area (Å²) in [4.78, 5) is 26.3. The molecule has 0 unspecified atom stereocenters. The second-order valence-electron chi connectivity index (χ2n) is 10.6. The summed E-state index contributed by atoms with van der Waals surface area (Å²) in [6.07, 6.45) is 3.32. The lowest BCUT2D eigenvalue weighted by Gasteiger charge is -2.37. The van der Waals surface area contributed by atoms with Crippen LogP contribution in [0.5, 0.6) is 11.5 Å². The molecule has 0 saturated heterocycles. The van der Waals surface area contributed by atoms with Crippen molar-refractivity contribution < 1.29 is 19.1 Å². The van der Waals surface area contributed by atoms with Gasteiger partial charge >= 0.3 is 5.97 Å². The molecule has 4 aromatic carbocycles. The smallest absolute Gasteiger partial charge is 0.311 e. The molecule has 202 valence electrons. The number of rotatable bonds is 7. The van der Waals surface area contributed by atoms with Crippen molar-refractivity contribution in [3.8, 4) is 11.5 Å². The van der Waals surface area contributed by atoms with Gasteiger partial charge < -0.3 is 14.8 Å². The zero-order chi connectivity index (χ0) is 27.6. The summed E-state index contributed by atoms with van der Waals surface area (Å²) in [5, 5.41) is 5.98. The number of methoxy groups -OCH3 is 1. The number of fused-ring (bicyclic) bond motifs is 4. The highest BCUT2D eigenvalue weighted by molar-refractivity contribution is 6.13. The average Bonchev–Trinajstić information content (AvgIpc) is 2.99. The first kappa shape index (κ1) is 25.9.